The highest BCUT2D eigenvalue weighted by Gasteiger charge is 2.19. The molecular formula is C15H24O2. The molecule has 2 heteroatoms. The van der Waals surface area contributed by atoms with Gasteiger partial charge in [-0.1, -0.05) is 52.0 Å². The summed E-state index contributed by atoms with van der Waals surface area (Å²) in [5.41, 5.74) is 2.37. The third-order valence-electron chi connectivity index (χ3n) is 3.17. The molecule has 96 valence electrons. The molecular weight excluding hydrogens is 212 g/mol. The molecule has 0 aliphatic rings. The van der Waals surface area contributed by atoms with Gasteiger partial charge in [0.2, 0.25) is 0 Å². The van der Waals surface area contributed by atoms with E-state index in [-0.39, 0.29) is 5.92 Å². The topological polar surface area (TPSA) is 40.5 Å². The molecule has 0 heterocycles. The van der Waals surface area contributed by atoms with Crippen molar-refractivity contribution in [3.8, 4) is 0 Å². The highest BCUT2D eigenvalue weighted by atomic mass is 16.3. The van der Waals surface area contributed by atoms with Gasteiger partial charge in [-0.15, -0.1) is 0 Å². The Labute approximate surface area is 104 Å². The van der Waals surface area contributed by atoms with E-state index in [9.17, 15) is 10.2 Å². The van der Waals surface area contributed by atoms with E-state index in [0.717, 1.165) is 5.56 Å². The predicted octanol–water partition coefficient (Wildman–Crippen LogP) is 2.73. The number of hydrogen-bond acceptors (Lipinski definition) is 2. The van der Waals surface area contributed by atoms with Crippen molar-refractivity contribution in [1.82, 2.24) is 0 Å². The second-order valence-electron chi connectivity index (χ2n) is 5.40. The molecule has 0 aliphatic carbocycles. The second-order valence-corrected chi connectivity index (χ2v) is 5.40. The summed E-state index contributed by atoms with van der Waals surface area (Å²) in [6.45, 7) is 8.14. The zero-order chi connectivity index (χ0) is 13.0. The van der Waals surface area contributed by atoms with Crippen LogP contribution in [0, 0.1) is 5.92 Å². The molecule has 0 aromatic heterocycles. The van der Waals surface area contributed by atoms with Crippen LogP contribution in [0.25, 0.3) is 0 Å². The molecule has 2 N–H and O–H groups in total. The van der Waals surface area contributed by atoms with E-state index in [2.05, 4.69) is 26.0 Å². The van der Waals surface area contributed by atoms with Gasteiger partial charge in [-0.2, -0.15) is 0 Å². The standard InChI is InChI=1S/C15H24O2/c1-10(2)13-7-5-12(6-8-13)9-14(16)15(17)11(3)4/h5-8,10-11,14-17H,9H2,1-4H3. The lowest BCUT2D eigenvalue weighted by molar-refractivity contribution is -0.00731. The Balaban J connectivity index is 2.63. The first kappa shape index (κ1) is 14.2. The van der Waals surface area contributed by atoms with E-state index in [1.807, 2.05) is 26.0 Å². The average Bonchev–Trinajstić information content (AvgIpc) is 2.28. The quantitative estimate of drug-likeness (QED) is 0.825. The van der Waals surface area contributed by atoms with Gasteiger partial charge < -0.3 is 10.2 Å². The van der Waals surface area contributed by atoms with Crippen molar-refractivity contribution < 1.29 is 10.2 Å². The van der Waals surface area contributed by atoms with Crippen molar-refractivity contribution in [2.24, 2.45) is 5.92 Å². The van der Waals surface area contributed by atoms with Crippen LogP contribution in [0.5, 0.6) is 0 Å². The minimum absolute atomic E-state index is 0.0833. The van der Waals surface area contributed by atoms with Crippen LogP contribution in [-0.2, 0) is 6.42 Å². The van der Waals surface area contributed by atoms with Crippen molar-refractivity contribution >= 4 is 0 Å². The Bertz CT molecular complexity index is 327. The molecule has 2 atom stereocenters. The lowest BCUT2D eigenvalue weighted by Crippen LogP contribution is -2.32. The largest absolute Gasteiger partial charge is 0.390 e. The lowest BCUT2D eigenvalue weighted by atomic mass is 9.95. The summed E-state index contributed by atoms with van der Waals surface area (Å²) in [5.74, 6) is 0.607. The third-order valence-corrected chi connectivity index (χ3v) is 3.17. The predicted molar refractivity (Wildman–Crippen MR) is 71.1 cm³/mol. The van der Waals surface area contributed by atoms with E-state index in [4.69, 9.17) is 0 Å². The molecule has 0 radical (unpaired) electrons. The average molecular weight is 236 g/mol. The summed E-state index contributed by atoms with van der Waals surface area (Å²) in [6, 6.07) is 8.25. The molecule has 0 saturated heterocycles. The van der Waals surface area contributed by atoms with Crippen LogP contribution in [0.3, 0.4) is 0 Å². The molecule has 1 aromatic carbocycles. The summed E-state index contributed by atoms with van der Waals surface area (Å²) in [6.07, 6.45) is -0.822. The minimum Gasteiger partial charge on any atom is -0.390 e. The Morgan fingerprint density at radius 1 is 0.941 bits per heavy atom. The van der Waals surface area contributed by atoms with E-state index in [1.165, 1.54) is 5.56 Å². The summed E-state index contributed by atoms with van der Waals surface area (Å²) >= 11 is 0. The van der Waals surface area contributed by atoms with Crippen LogP contribution in [0.4, 0.5) is 0 Å². The van der Waals surface area contributed by atoms with Gasteiger partial charge >= 0.3 is 0 Å². The number of rotatable bonds is 5. The summed E-state index contributed by atoms with van der Waals surface area (Å²) in [4.78, 5) is 0. The molecule has 1 aromatic rings. The fraction of sp³-hybridized carbons (Fsp3) is 0.600. The van der Waals surface area contributed by atoms with Crippen molar-refractivity contribution in [3.63, 3.8) is 0 Å². The summed E-state index contributed by atoms with van der Waals surface area (Å²) in [5, 5.41) is 19.6. The van der Waals surface area contributed by atoms with Gasteiger partial charge in [0.15, 0.2) is 0 Å². The Morgan fingerprint density at radius 3 is 1.88 bits per heavy atom. The Kier molecular flexibility index (Phi) is 5.16. The molecule has 0 fully saturated rings. The van der Waals surface area contributed by atoms with Crippen LogP contribution in [0.15, 0.2) is 24.3 Å². The number of hydrogen-bond donors (Lipinski definition) is 2. The van der Waals surface area contributed by atoms with Crippen LogP contribution in [-0.4, -0.2) is 22.4 Å². The normalized spacial score (nSPS) is 15.3. The molecule has 0 saturated carbocycles. The Hall–Kier alpha value is -0.860. The highest BCUT2D eigenvalue weighted by molar-refractivity contribution is 5.25. The zero-order valence-electron chi connectivity index (χ0n) is 11.2. The minimum atomic E-state index is -0.681. The van der Waals surface area contributed by atoms with Gasteiger partial charge in [0, 0.05) is 6.42 Å². The monoisotopic (exact) mass is 236 g/mol. The van der Waals surface area contributed by atoms with E-state index >= 15 is 0 Å². The van der Waals surface area contributed by atoms with Crippen LogP contribution in [0.2, 0.25) is 0 Å². The maximum atomic E-state index is 9.87. The van der Waals surface area contributed by atoms with Gasteiger partial charge in [0.1, 0.15) is 0 Å². The van der Waals surface area contributed by atoms with Gasteiger partial charge in [-0.25, -0.2) is 0 Å². The van der Waals surface area contributed by atoms with Gasteiger partial charge in [-0.05, 0) is 23.0 Å². The van der Waals surface area contributed by atoms with Crippen LogP contribution in [0.1, 0.15) is 44.7 Å². The van der Waals surface area contributed by atoms with Gasteiger partial charge in [-0.3, -0.25) is 0 Å². The van der Waals surface area contributed by atoms with Crippen molar-refractivity contribution in [2.75, 3.05) is 0 Å². The smallest absolute Gasteiger partial charge is 0.0841 e. The van der Waals surface area contributed by atoms with Gasteiger partial charge in [0.05, 0.1) is 12.2 Å². The zero-order valence-corrected chi connectivity index (χ0v) is 11.2. The molecule has 17 heavy (non-hydrogen) atoms. The first-order valence-corrected chi connectivity index (χ1v) is 6.36. The fourth-order valence-corrected chi connectivity index (χ4v) is 1.85. The van der Waals surface area contributed by atoms with E-state index < -0.39 is 12.2 Å². The first-order chi connectivity index (χ1) is 7.91. The third kappa shape index (κ3) is 4.14. The molecule has 2 nitrogen and oxygen atoms in total. The van der Waals surface area contributed by atoms with E-state index in [0.29, 0.717) is 12.3 Å². The second kappa shape index (κ2) is 6.18. The molecule has 2 unspecified atom stereocenters. The number of aliphatic hydroxyl groups excluding tert-OH is 2. The molecule has 0 spiro atoms. The lowest BCUT2D eigenvalue weighted by Gasteiger charge is -2.21. The van der Waals surface area contributed by atoms with Crippen LogP contribution >= 0.6 is 0 Å². The fourth-order valence-electron chi connectivity index (χ4n) is 1.85. The van der Waals surface area contributed by atoms with Crippen molar-refractivity contribution in [1.29, 1.82) is 0 Å². The molecule has 0 amide bonds. The molecule has 0 bridgehead atoms. The molecule has 0 aliphatic heterocycles. The van der Waals surface area contributed by atoms with Gasteiger partial charge in [0.25, 0.3) is 0 Å². The SMILES string of the molecule is CC(C)c1ccc(CC(O)C(O)C(C)C)cc1. The van der Waals surface area contributed by atoms with Crippen LogP contribution < -0.4 is 0 Å². The maximum absolute atomic E-state index is 9.87. The van der Waals surface area contributed by atoms with E-state index in [1.54, 1.807) is 0 Å². The van der Waals surface area contributed by atoms with Crippen molar-refractivity contribution in [3.05, 3.63) is 35.4 Å². The highest BCUT2D eigenvalue weighted by Crippen LogP contribution is 2.17. The Morgan fingerprint density at radius 2 is 1.47 bits per heavy atom. The van der Waals surface area contributed by atoms with Crippen molar-refractivity contribution in [2.45, 2.75) is 52.2 Å². The maximum Gasteiger partial charge on any atom is 0.0841 e. The summed E-state index contributed by atoms with van der Waals surface area (Å²) in [7, 11) is 0. The first-order valence-electron chi connectivity index (χ1n) is 6.36. The molecule has 1 rings (SSSR count). The summed E-state index contributed by atoms with van der Waals surface area (Å²) < 4.78 is 0. The number of benzene rings is 1. The number of aliphatic hydroxyl groups is 2.